The number of carbonyl (C=O) groups is 2. The molecule has 0 saturated heterocycles. The van der Waals surface area contributed by atoms with Crippen LogP contribution in [0.3, 0.4) is 0 Å². The van der Waals surface area contributed by atoms with Crippen LogP contribution in [0.25, 0.3) is 0 Å². The Balaban J connectivity index is 4.07. The zero-order valence-electron chi connectivity index (χ0n) is 11.0. The van der Waals surface area contributed by atoms with Crippen LogP contribution in [0.1, 0.15) is 52.9 Å². The third-order valence-corrected chi connectivity index (χ3v) is 2.55. The number of aliphatic carboxylic acids is 1. The van der Waals surface area contributed by atoms with E-state index in [0.717, 1.165) is 25.7 Å². The number of nitrogens with one attached hydrogen (secondary N) is 2. The summed E-state index contributed by atoms with van der Waals surface area (Å²) in [5.41, 5.74) is 0. The van der Waals surface area contributed by atoms with E-state index in [2.05, 4.69) is 10.6 Å². The summed E-state index contributed by atoms with van der Waals surface area (Å²) in [6, 6.07) is -1.11. The average molecular weight is 244 g/mol. The van der Waals surface area contributed by atoms with E-state index < -0.39 is 18.0 Å². The topological polar surface area (TPSA) is 78.4 Å². The highest BCUT2D eigenvalue weighted by molar-refractivity contribution is 5.82. The van der Waals surface area contributed by atoms with Crippen LogP contribution in [0.2, 0.25) is 0 Å². The van der Waals surface area contributed by atoms with Gasteiger partial charge in [0.2, 0.25) is 0 Å². The van der Waals surface area contributed by atoms with Gasteiger partial charge >= 0.3 is 12.0 Å². The van der Waals surface area contributed by atoms with Crippen molar-refractivity contribution in [3.8, 4) is 0 Å². The summed E-state index contributed by atoms with van der Waals surface area (Å²) >= 11 is 0. The highest BCUT2D eigenvalue weighted by Crippen LogP contribution is 2.01. The van der Waals surface area contributed by atoms with Gasteiger partial charge in [0.1, 0.15) is 6.04 Å². The quantitative estimate of drug-likeness (QED) is 0.612. The van der Waals surface area contributed by atoms with Crippen LogP contribution < -0.4 is 10.6 Å². The molecule has 0 fully saturated rings. The van der Waals surface area contributed by atoms with Crippen LogP contribution in [0.15, 0.2) is 0 Å². The maximum Gasteiger partial charge on any atom is 0.326 e. The highest BCUT2D eigenvalue weighted by Gasteiger charge is 2.19. The number of unbranched alkanes of at least 4 members (excludes halogenated alkanes) is 1. The summed E-state index contributed by atoms with van der Waals surface area (Å²) in [5, 5.41) is 14.2. The van der Waals surface area contributed by atoms with Crippen LogP contribution in [-0.2, 0) is 4.79 Å². The van der Waals surface area contributed by atoms with E-state index >= 15 is 0 Å². The van der Waals surface area contributed by atoms with E-state index in [0.29, 0.717) is 6.42 Å². The Morgan fingerprint density at radius 1 is 1.12 bits per heavy atom. The van der Waals surface area contributed by atoms with Crippen molar-refractivity contribution in [1.29, 1.82) is 0 Å². The molecule has 0 radical (unpaired) electrons. The van der Waals surface area contributed by atoms with Crippen molar-refractivity contribution >= 4 is 12.0 Å². The maximum atomic E-state index is 11.5. The van der Waals surface area contributed by atoms with Crippen LogP contribution in [0.4, 0.5) is 4.79 Å². The second-order valence-electron chi connectivity index (χ2n) is 4.34. The fourth-order valence-electron chi connectivity index (χ4n) is 1.59. The van der Waals surface area contributed by atoms with Gasteiger partial charge in [-0.15, -0.1) is 0 Å². The molecule has 0 saturated carbocycles. The first kappa shape index (κ1) is 15.7. The molecule has 0 aromatic heterocycles. The van der Waals surface area contributed by atoms with E-state index in [9.17, 15) is 9.59 Å². The van der Waals surface area contributed by atoms with Crippen LogP contribution in [-0.4, -0.2) is 29.2 Å². The SMILES string of the molecule is CCCC[C@H](NC(=O)NC(C)CCC)C(=O)O. The molecule has 2 atom stereocenters. The lowest BCUT2D eigenvalue weighted by molar-refractivity contribution is -0.139. The number of carboxylic acid groups (broad SMARTS) is 1. The van der Waals surface area contributed by atoms with Crippen molar-refractivity contribution < 1.29 is 14.7 Å². The number of carbonyl (C=O) groups excluding carboxylic acids is 1. The van der Waals surface area contributed by atoms with Crippen molar-refractivity contribution in [2.24, 2.45) is 0 Å². The molecule has 0 aliphatic heterocycles. The minimum atomic E-state index is -0.975. The Hall–Kier alpha value is -1.26. The van der Waals surface area contributed by atoms with Crippen LogP contribution >= 0.6 is 0 Å². The van der Waals surface area contributed by atoms with Gasteiger partial charge in [0.05, 0.1) is 0 Å². The number of urea groups is 1. The van der Waals surface area contributed by atoms with Gasteiger partial charge in [-0.3, -0.25) is 0 Å². The number of rotatable bonds is 8. The lowest BCUT2D eigenvalue weighted by atomic mass is 10.1. The van der Waals surface area contributed by atoms with Crippen molar-refractivity contribution in [2.45, 2.75) is 65.0 Å². The Morgan fingerprint density at radius 3 is 2.24 bits per heavy atom. The lowest BCUT2D eigenvalue weighted by Crippen LogP contribution is -2.48. The van der Waals surface area contributed by atoms with Gasteiger partial charge in [-0.25, -0.2) is 9.59 Å². The molecule has 2 amide bonds. The Bertz CT molecular complexity index is 244. The molecule has 5 nitrogen and oxygen atoms in total. The lowest BCUT2D eigenvalue weighted by Gasteiger charge is -2.17. The van der Waals surface area contributed by atoms with Crippen molar-refractivity contribution in [3.63, 3.8) is 0 Å². The fourth-order valence-corrected chi connectivity index (χ4v) is 1.59. The third kappa shape index (κ3) is 7.60. The van der Waals surface area contributed by atoms with Gasteiger partial charge in [0.25, 0.3) is 0 Å². The molecule has 0 heterocycles. The molecule has 0 rings (SSSR count). The largest absolute Gasteiger partial charge is 0.480 e. The predicted octanol–water partition coefficient (Wildman–Crippen LogP) is 2.12. The van der Waals surface area contributed by atoms with E-state index in [-0.39, 0.29) is 6.04 Å². The molecule has 0 aliphatic rings. The maximum absolute atomic E-state index is 11.5. The fraction of sp³-hybridized carbons (Fsp3) is 0.833. The molecule has 5 heteroatoms. The average Bonchev–Trinajstić information content (AvgIpc) is 2.23. The number of amides is 2. The molecule has 0 bridgehead atoms. The van der Waals surface area contributed by atoms with E-state index in [1.807, 2.05) is 20.8 Å². The summed E-state index contributed by atoms with van der Waals surface area (Å²) < 4.78 is 0. The minimum absolute atomic E-state index is 0.0700. The molecule has 100 valence electrons. The molecular formula is C12H24N2O3. The molecule has 3 N–H and O–H groups in total. The molecule has 0 spiro atoms. The molecule has 1 unspecified atom stereocenters. The standard InChI is InChI=1S/C12H24N2O3/c1-4-6-8-10(11(15)16)14-12(17)13-9(3)7-5-2/h9-10H,4-8H2,1-3H3,(H,15,16)(H2,13,14,17)/t9?,10-/m0/s1. The van der Waals surface area contributed by atoms with Gasteiger partial charge in [0.15, 0.2) is 0 Å². The van der Waals surface area contributed by atoms with Gasteiger partial charge in [-0.1, -0.05) is 33.1 Å². The second kappa shape index (κ2) is 8.84. The monoisotopic (exact) mass is 244 g/mol. The Kier molecular flexibility index (Phi) is 8.19. The van der Waals surface area contributed by atoms with Gasteiger partial charge in [-0.2, -0.15) is 0 Å². The van der Waals surface area contributed by atoms with Crippen molar-refractivity contribution in [1.82, 2.24) is 10.6 Å². The van der Waals surface area contributed by atoms with Gasteiger partial charge in [-0.05, 0) is 19.8 Å². The van der Waals surface area contributed by atoms with Crippen LogP contribution in [0.5, 0.6) is 0 Å². The van der Waals surface area contributed by atoms with E-state index in [1.165, 1.54) is 0 Å². The smallest absolute Gasteiger partial charge is 0.326 e. The molecule has 17 heavy (non-hydrogen) atoms. The summed E-state index contributed by atoms with van der Waals surface area (Å²) in [7, 11) is 0. The predicted molar refractivity (Wildman–Crippen MR) is 67.0 cm³/mol. The zero-order valence-corrected chi connectivity index (χ0v) is 11.0. The first-order chi connectivity index (χ1) is 8.01. The van der Waals surface area contributed by atoms with Crippen LogP contribution in [0, 0.1) is 0 Å². The normalized spacial score (nSPS) is 13.8. The highest BCUT2D eigenvalue weighted by atomic mass is 16.4. The van der Waals surface area contributed by atoms with E-state index in [1.54, 1.807) is 0 Å². The zero-order chi connectivity index (χ0) is 13.3. The first-order valence-corrected chi connectivity index (χ1v) is 6.31. The minimum Gasteiger partial charge on any atom is -0.480 e. The number of hydrogen-bond acceptors (Lipinski definition) is 2. The third-order valence-electron chi connectivity index (χ3n) is 2.55. The Morgan fingerprint density at radius 2 is 1.76 bits per heavy atom. The Labute approximate surface area is 103 Å². The first-order valence-electron chi connectivity index (χ1n) is 6.31. The summed E-state index contributed by atoms with van der Waals surface area (Å²) in [5.74, 6) is -0.975. The van der Waals surface area contributed by atoms with E-state index in [4.69, 9.17) is 5.11 Å². The summed E-state index contributed by atoms with van der Waals surface area (Å²) in [6.45, 7) is 5.94. The number of carboxylic acids is 1. The second-order valence-corrected chi connectivity index (χ2v) is 4.34. The molecule has 0 aliphatic carbocycles. The van der Waals surface area contributed by atoms with Gasteiger partial charge in [0, 0.05) is 6.04 Å². The summed E-state index contributed by atoms with van der Waals surface area (Å²) in [6.07, 6.45) is 4.06. The molecule has 0 aromatic rings. The molecular weight excluding hydrogens is 220 g/mol. The van der Waals surface area contributed by atoms with Gasteiger partial charge < -0.3 is 15.7 Å². The van der Waals surface area contributed by atoms with Crippen molar-refractivity contribution in [3.05, 3.63) is 0 Å². The van der Waals surface area contributed by atoms with Crippen molar-refractivity contribution in [2.75, 3.05) is 0 Å². The summed E-state index contributed by atoms with van der Waals surface area (Å²) in [4.78, 5) is 22.4. The number of hydrogen-bond donors (Lipinski definition) is 3. The molecule has 0 aromatic carbocycles.